The van der Waals surface area contributed by atoms with Gasteiger partial charge in [0, 0.05) is 12.8 Å². The highest BCUT2D eigenvalue weighted by molar-refractivity contribution is 7.90. The van der Waals surface area contributed by atoms with Crippen molar-refractivity contribution in [2.45, 2.75) is 11.4 Å². The maximum Gasteiger partial charge on any atom is 0.350 e. The molecule has 0 aliphatic rings. The fourth-order valence-corrected chi connectivity index (χ4v) is 4.17. The van der Waals surface area contributed by atoms with Crippen LogP contribution in [0.3, 0.4) is 0 Å². The van der Waals surface area contributed by atoms with E-state index in [9.17, 15) is 17.6 Å². The normalized spacial score (nSPS) is 12.1. The minimum absolute atomic E-state index is 0.00310. The SMILES string of the molecule is CS(=O)(=O)c1ccc(-c2ccc(-c3cccc(-n4cnn(C/C(=C/F)CN)c4=O)c3)cc2)cc1. The van der Waals surface area contributed by atoms with E-state index in [-0.39, 0.29) is 23.6 Å². The minimum Gasteiger partial charge on any atom is -0.327 e. The van der Waals surface area contributed by atoms with E-state index >= 15 is 0 Å². The molecule has 0 amide bonds. The molecule has 9 heteroatoms. The van der Waals surface area contributed by atoms with Crippen molar-refractivity contribution in [3.8, 4) is 27.9 Å². The van der Waals surface area contributed by atoms with Gasteiger partial charge in [0.1, 0.15) is 6.33 Å². The third-order valence-electron chi connectivity index (χ3n) is 5.46. The molecule has 0 atom stereocenters. The third-order valence-corrected chi connectivity index (χ3v) is 6.59. The lowest BCUT2D eigenvalue weighted by Gasteiger charge is -2.08. The molecule has 2 N–H and O–H groups in total. The summed E-state index contributed by atoms with van der Waals surface area (Å²) < 4.78 is 38.7. The smallest absolute Gasteiger partial charge is 0.327 e. The van der Waals surface area contributed by atoms with Crippen molar-refractivity contribution < 1.29 is 12.8 Å². The summed E-state index contributed by atoms with van der Waals surface area (Å²) in [5, 5.41) is 4.06. The molecule has 0 unspecified atom stereocenters. The first kappa shape index (κ1) is 23.3. The lowest BCUT2D eigenvalue weighted by Crippen LogP contribution is -2.25. The molecule has 0 bridgehead atoms. The summed E-state index contributed by atoms with van der Waals surface area (Å²) >= 11 is 0. The molecule has 0 spiro atoms. The Morgan fingerprint density at radius 1 is 0.971 bits per heavy atom. The van der Waals surface area contributed by atoms with Gasteiger partial charge in [0.25, 0.3) is 0 Å². The first-order chi connectivity index (χ1) is 16.3. The molecule has 3 aromatic carbocycles. The van der Waals surface area contributed by atoms with Crippen LogP contribution < -0.4 is 11.4 Å². The molecular formula is C25H23FN4O3S. The first-order valence-corrected chi connectivity index (χ1v) is 12.3. The van der Waals surface area contributed by atoms with Gasteiger partial charge in [0.2, 0.25) is 0 Å². The molecule has 1 aromatic heterocycles. The summed E-state index contributed by atoms with van der Waals surface area (Å²) in [6.07, 6.45) is 2.98. The van der Waals surface area contributed by atoms with Crippen molar-refractivity contribution in [2.24, 2.45) is 5.73 Å². The Hall–Kier alpha value is -3.82. The Kier molecular flexibility index (Phi) is 6.58. The standard InChI is InChI=1S/C25H23FN4O3S/c1-34(32,33)24-11-9-20(10-12-24)19-5-7-21(8-6-19)22-3-2-4-23(13-22)29-17-28-30(25(29)31)16-18(14-26)15-27/h2-14,17H,15-16,27H2,1H3/b18-14+. The lowest BCUT2D eigenvalue weighted by atomic mass is 10.00. The first-order valence-electron chi connectivity index (χ1n) is 10.4. The van der Waals surface area contributed by atoms with Crippen molar-refractivity contribution >= 4 is 9.84 Å². The lowest BCUT2D eigenvalue weighted by molar-refractivity contribution is 0.602. The number of nitrogens with zero attached hydrogens (tertiary/aromatic N) is 3. The molecule has 4 aromatic rings. The van der Waals surface area contributed by atoms with Crippen molar-refractivity contribution in [2.75, 3.05) is 12.8 Å². The summed E-state index contributed by atoms with van der Waals surface area (Å²) in [7, 11) is -3.24. The Morgan fingerprint density at radius 2 is 1.56 bits per heavy atom. The van der Waals surface area contributed by atoms with E-state index in [1.807, 2.05) is 42.5 Å². The number of sulfone groups is 1. The van der Waals surface area contributed by atoms with Crippen LogP contribution in [0.15, 0.2) is 101 Å². The van der Waals surface area contributed by atoms with Crippen molar-refractivity contribution in [1.82, 2.24) is 14.3 Å². The number of hydrogen-bond donors (Lipinski definition) is 1. The van der Waals surface area contributed by atoms with Crippen LogP contribution in [-0.4, -0.2) is 35.6 Å². The number of aromatic nitrogens is 3. The molecule has 4 rings (SSSR count). The maximum absolute atomic E-state index is 12.8. The highest BCUT2D eigenvalue weighted by Gasteiger charge is 2.10. The van der Waals surface area contributed by atoms with Gasteiger partial charge < -0.3 is 5.73 Å². The van der Waals surface area contributed by atoms with Crippen molar-refractivity contribution in [3.63, 3.8) is 0 Å². The second kappa shape index (κ2) is 9.58. The Labute approximate surface area is 196 Å². The van der Waals surface area contributed by atoms with E-state index in [1.54, 1.807) is 30.3 Å². The quantitative estimate of drug-likeness (QED) is 0.438. The maximum atomic E-state index is 12.8. The van der Waals surface area contributed by atoms with E-state index in [0.29, 0.717) is 12.0 Å². The summed E-state index contributed by atoms with van der Waals surface area (Å²) in [4.78, 5) is 13.0. The third kappa shape index (κ3) is 4.90. The van der Waals surface area contributed by atoms with Gasteiger partial charge in [0.15, 0.2) is 9.84 Å². The van der Waals surface area contributed by atoms with Gasteiger partial charge in [-0.25, -0.2) is 26.9 Å². The van der Waals surface area contributed by atoms with Gasteiger partial charge in [-0.1, -0.05) is 48.5 Å². The molecule has 0 fully saturated rings. The van der Waals surface area contributed by atoms with Crippen LogP contribution in [0, 0.1) is 0 Å². The zero-order chi connectivity index (χ0) is 24.3. The van der Waals surface area contributed by atoms with Crippen LogP contribution in [0.1, 0.15) is 0 Å². The number of halogens is 1. The Bertz CT molecular complexity index is 1500. The summed E-state index contributed by atoms with van der Waals surface area (Å²) in [5.74, 6) is 0. The van der Waals surface area contributed by atoms with Gasteiger partial charge in [-0.15, -0.1) is 0 Å². The number of hydrogen-bond acceptors (Lipinski definition) is 5. The summed E-state index contributed by atoms with van der Waals surface area (Å²) in [6.45, 7) is -0.00567. The van der Waals surface area contributed by atoms with Crippen LogP contribution in [0.25, 0.3) is 27.9 Å². The van der Waals surface area contributed by atoms with Gasteiger partial charge in [0.05, 0.1) is 23.5 Å². The molecular weight excluding hydrogens is 455 g/mol. The highest BCUT2D eigenvalue weighted by atomic mass is 32.2. The predicted octanol–water partition coefficient (Wildman–Crippen LogP) is 3.58. The van der Waals surface area contributed by atoms with Crippen molar-refractivity contribution in [3.05, 3.63) is 102 Å². The number of benzene rings is 3. The fraction of sp³-hybridized carbons (Fsp3) is 0.120. The van der Waals surface area contributed by atoms with Crippen LogP contribution in [-0.2, 0) is 16.4 Å². The molecule has 0 saturated carbocycles. The molecule has 1 heterocycles. The van der Waals surface area contributed by atoms with Crippen LogP contribution in [0.4, 0.5) is 4.39 Å². The Balaban J connectivity index is 1.59. The second-order valence-corrected chi connectivity index (χ2v) is 9.85. The van der Waals surface area contributed by atoms with Crippen LogP contribution >= 0.6 is 0 Å². The second-order valence-electron chi connectivity index (χ2n) is 7.84. The summed E-state index contributed by atoms with van der Waals surface area (Å²) in [5.41, 5.74) is 9.70. The monoisotopic (exact) mass is 478 g/mol. The fourth-order valence-electron chi connectivity index (χ4n) is 3.54. The zero-order valence-corrected chi connectivity index (χ0v) is 19.2. The summed E-state index contributed by atoms with van der Waals surface area (Å²) in [6, 6.07) is 22.1. The highest BCUT2D eigenvalue weighted by Crippen LogP contribution is 2.27. The van der Waals surface area contributed by atoms with E-state index in [1.165, 1.54) is 17.2 Å². The molecule has 7 nitrogen and oxygen atoms in total. The average molecular weight is 479 g/mol. The van der Waals surface area contributed by atoms with E-state index in [0.717, 1.165) is 26.9 Å². The average Bonchev–Trinajstić information content (AvgIpc) is 3.22. The van der Waals surface area contributed by atoms with Crippen LogP contribution in [0.5, 0.6) is 0 Å². The van der Waals surface area contributed by atoms with Crippen LogP contribution in [0.2, 0.25) is 0 Å². The van der Waals surface area contributed by atoms with Gasteiger partial charge in [-0.3, -0.25) is 0 Å². The number of rotatable bonds is 7. The van der Waals surface area contributed by atoms with E-state index in [2.05, 4.69) is 5.10 Å². The molecule has 0 radical (unpaired) electrons. The molecule has 34 heavy (non-hydrogen) atoms. The van der Waals surface area contributed by atoms with E-state index < -0.39 is 15.5 Å². The Morgan fingerprint density at radius 3 is 2.12 bits per heavy atom. The zero-order valence-electron chi connectivity index (χ0n) is 18.4. The van der Waals surface area contributed by atoms with Gasteiger partial charge >= 0.3 is 5.69 Å². The molecule has 0 saturated heterocycles. The predicted molar refractivity (Wildman–Crippen MR) is 130 cm³/mol. The molecule has 0 aliphatic carbocycles. The minimum atomic E-state index is -3.24. The topological polar surface area (TPSA) is 100.0 Å². The number of nitrogens with two attached hydrogens (primary N) is 1. The van der Waals surface area contributed by atoms with Gasteiger partial charge in [-0.2, -0.15) is 5.10 Å². The van der Waals surface area contributed by atoms with Crippen molar-refractivity contribution in [1.29, 1.82) is 0 Å². The van der Waals surface area contributed by atoms with E-state index in [4.69, 9.17) is 5.73 Å². The molecule has 174 valence electrons. The van der Waals surface area contributed by atoms with Gasteiger partial charge in [-0.05, 0) is 52.1 Å². The molecule has 0 aliphatic heterocycles. The largest absolute Gasteiger partial charge is 0.350 e.